The Morgan fingerprint density at radius 2 is 2.19 bits per heavy atom. The van der Waals surface area contributed by atoms with Gasteiger partial charge in [0.15, 0.2) is 4.96 Å². The van der Waals surface area contributed by atoms with Crippen LogP contribution in [-0.4, -0.2) is 16.5 Å². The van der Waals surface area contributed by atoms with E-state index in [0.717, 1.165) is 16.3 Å². The average molecular weight is 322 g/mol. The van der Waals surface area contributed by atoms with Crippen molar-refractivity contribution in [3.8, 4) is 5.75 Å². The highest BCUT2D eigenvalue weighted by atomic mass is 35.5. The van der Waals surface area contributed by atoms with Crippen molar-refractivity contribution in [2.45, 2.75) is 20.4 Å². The Labute approximate surface area is 132 Å². The van der Waals surface area contributed by atoms with Crippen LogP contribution in [0.15, 0.2) is 24.4 Å². The van der Waals surface area contributed by atoms with Gasteiger partial charge in [0.2, 0.25) is 0 Å². The number of hydrogen-bond acceptors (Lipinski definition) is 4. The third-order valence-corrected chi connectivity index (χ3v) is 4.56. The standard InChI is InChI=1S/C15H16ClN3OS/c1-9-8-19-13(10(2)18-15(19)21-9)7-17-11-4-5-12(16)14(6-11)20-3/h4-6,8,17H,7H2,1-3H3. The monoisotopic (exact) mass is 321 g/mol. The first-order valence-corrected chi connectivity index (χ1v) is 7.79. The van der Waals surface area contributed by atoms with E-state index >= 15 is 0 Å². The molecule has 1 N–H and O–H groups in total. The van der Waals surface area contributed by atoms with E-state index in [-0.39, 0.29) is 0 Å². The fourth-order valence-corrected chi connectivity index (χ4v) is 3.36. The molecule has 0 atom stereocenters. The largest absolute Gasteiger partial charge is 0.495 e. The minimum Gasteiger partial charge on any atom is -0.495 e. The summed E-state index contributed by atoms with van der Waals surface area (Å²) in [5.74, 6) is 0.670. The smallest absolute Gasteiger partial charge is 0.194 e. The van der Waals surface area contributed by atoms with E-state index < -0.39 is 0 Å². The van der Waals surface area contributed by atoms with Gasteiger partial charge in [-0.3, -0.25) is 4.40 Å². The van der Waals surface area contributed by atoms with Gasteiger partial charge in [0, 0.05) is 22.8 Å². The number of benzene rings is 1. The van der Waals surface area contributed by atoms with Crippen LogP contribution in [0.5, 0.6) is 5.75 Å². The number of ether oxygens (including phenoxy) is 1. The van der Waals surface area contributed by atoms with Crippen LogP contribution in [0.3, 0.4) is 0 Å². The molecule has 0 aliphatic heterocycles. The quantitative estimate of drug-likeness (QED) is 0.779. The van der Waals surface area contributed by atoms with Gasteiger partial charge >= 0.3 is 0 Å². The molecule has 3 aromatic rings. The predicted octanol–water partition coefficient (Wildman–Crippen LogP) is 4.29. The lowest BCUT2D eigenvalue weighted by molar-refractivity contribution is 0.415. The Morgan fingerprint density at radius 3 is 2.95 bits per heavy atom. The van der Waals surface area contributed by atoms with Gasteiger partial charge in [0.1, 0.15) is 5.75 Å². The molecule has 0 spiro atoms. The highest BCUT2D eigenvalue weighted by Crippen LogP contribution is 2.28. The molecule has 0 amide bonds. The first-order chi connectivity index (χ1) is 10.1. The fourth-order valence-electron chi connectivity index (χ4n) is 2.28. The SMILES string of the molecule is COc1cc(NCc2c(C)nc3sc(C)cn23)ccc1Cl. The number of rotatable bonds is 4. The number of fused-ring (bicyclic) bond motifs is 1. The molecule has 0 saturated carbocycles. The average Bonchev–Trinajstić information content (AvgIpc) is 2.93. The highest BCUT2D eigenvalue weighted by Gasteiger charge is 2.11. The normalized spacial score (nSPS) is 11.0. The van der Waals surface area contributed by atoms with Gasteiger partial charge in [0.05, 0.1) is 30.1 Å². The zero-order valence-electron chi connectivity index (χ0n) is 12.1. The molecule has 3 rings (SSSR count). The van der Waals surface area contributed by atoms with Crippen molar-refractivity contribution in [3.05, 3.63) is 45.7 Å². The predicted molar refractivity (Wildman–Crippen MR) is 87.9 cm³/mol. The summed E-state index contributed by atoms with van der Waals surface area (Å²) in [6, 6.07) is 5.67. The lowest BCUT2D eigenvalue weighted by atomic mass is 10.2. The number of imidazole rings is 1. The van der Waals surface area contributed by atoms with E-state index in [1.807, 2.05) is 25.1 Å². The summed E-state index contributed by atoms with van der Waals surface area (Å²) < 4.78 is 7.38. The van der Waals surface area contributed by atoms with Crippen molar-refractivity contribution in [1.82, 2.24) is 9.38 Å². The van der Waals surface area contributed by atoms with Gasteiger partial charge in [-0.2, -0.15) is 0 Å². The number of nitrogens with one attached hydrogen (secondary N) is 1. The van der Waals surface area contributed by atoms with Gasteiger partial charge in [-0.05, 0) is 26.0 Å². The van der Waals surface area contributed by atoms with Crippen LogP contribution in [-0.2, 0) is 6.54 Å². The van der Waals surface area contributed by atoms with Crippen molar-refractivity contribution < 1.29 is 4.74 Å². The third kappa shape index (κ3) is 2.71. The molecule has 0 saturated heterocycles. The van der Waals surface area contributed by atoms with E-state index in [1.54, 1.807) is 18.4 Å². The molecule has 6 heteroatoms. The maximum absolute atomic E-state index is 6.04. The summed E-state index contributed by atoms with van der Waals surface area (Å²) in [4.78, 5) is 6.88. The summed E-state index contributed by atoms with van der Waals surface area (Å²) in [5.41, 5.74) is 3.19. The van der Waals surface area contributed by atoms with E-state index in [0.29, 0.717) is 17.3 Å². The third-order valence-electron chi connectivity index (χ3n) is 3.35. The Bertz CT molecular complexity index is 794. The van der Waals surface area contributed by atoms with Crippen LogP contribution in [0, 0.1) is 13.8 Å². The number of methoxy groups -OCH3 is 1. The van der Waals surface area contributed by atoms with Crippen molar-refractivity contribution in [2.24, 2.45) is 0 Å². The first-order valence-electron chi connectivity index (χ1n) is 6.60. The number of aryl methyl sites for hydroxylation is 2. The van der Waals surface area contributed by atoms with Crippen LogP contribution in [0.25, 0.3) is 4.96 Å². The number of nitrogens with zero attached hydrogens (tertiary/aromatic N) is 2. The summed E-state index contributed by atoms with van der Waals surface area (Å²) in [7, 11) is 1.61. The molecule has 21 heavy (non-hydrogen) atoms. The van der Waals surface area contributed by atoms with Crippen LogP contribution in [0.2, 0.25) is 5.02 Å². The second-order valence-corrected chi connectivity index (χ2v) is 6.46. The molecule has 2 aromatic heterocycles. The number of anilines is 1. The molecule has 1 aromatic carbocycles. The lowest BCUT2D eigenvalue weighted by Crippen LogP contribution is -2.03. The molecule has 2 heterocycles. The second kappa shape index (κ2) is 5.58. The number of thiazole rings is 1. The van der Waals surface area contributed by atoms with E-state index in [1.165, 1.54) is 10.6 Å². The summed E-state index contributed by atoms with van der Waals surface area (Å²) in [6.07, 6.45) is 2.12. The molecule has 110 valence electrons. The van der Waals surface area contributed by atoms with Gasteiger partial charge in [0.25, 0.3) is 0 Å². The number of hydrogen-bond donors (Lipinski definition) is 1. The topological polar surface area (TPSA) is 38.6 Å². The van der Waals surface area contributed by atoms with Crippen molar-refractivity contribution in [1.29, 1.82) is 0 Å². The van der Waals surface area contributed by atoms with Crippen LogP contribution >= 0.6 is 22.9 Å². The zero-order valence-corrected chi connectivity index (χ0v) is 13.7. The van der Waals surface area contributed by atoms with Gasteiger partial charge in [-0.15, -0.1) is 11.3 Å². The van der Waals surface area contributed by atoms with E-state index in [4.69, 9.17) is 16.3 Å². The van der Waals surface area contributed by atoms with Crippen molar-refractivity contribution in [3.63, 3.8) is 0 Å². The fraction of sp³-hybridized carbons (Fsp3) is 0.267. The summed E-state index contributed by atoms with van der Waals surface area (Å²) in [5, 5.41) is 4.01. The Balaban J connectivity index is 1.84. The van der Waals surface area contributed by atoms with Gasteiger partial charge in [-0.1, -0.05) is 11.6 Å². The number of aromatic nitrogens is 2. The van der Waals surface area contributed by atoms with Gasteiger partial charge in [-0.25, -0.2) is 4.98 Å². The summed E-state index contributed by atoms with van der Waals surface area (Å²) in [6.45, 7) is 4.83. The highest BCUT2D eigenvalue weighted by molar-refractivity contribution is 7.17. The van der Waals surface area contributed by atoms with Crippen LogP contribution < -0.4 is 10.1 Å². The van der Waals surface area contributed by atoms with Crippen LogP contribution in [0.4, 0.5) is 5.69 Å². The molecule has 0 unspecified atom stereocenters. The maximum atomic E-state index is 6.04. The molecule has 4 nitrogen and oxygen atoms in total. The molecule has 0 aliphatic rings. The van der Waals surface area contributed by atoms with E-state index in [2.05, 4.69) is 27.8 Å². The van der Waals surface area contributed by atoms with Crippen molar-refractivity contribution >= 4 is 33.6 Å². The van der Waals surface area contributed by atoms with E-state index in [9.17, 15) is 0 Å². The first kappa shape index (κ1) is 14.2. The maximum Gasteiger partial charge on any atom is 0.194 e. The molecule has 0 radical (unpaired) electrons. The van der Waals surface area contributed by atoms with Crippen LogP contribution in [0.1, 0.15) is 16.3 Å². The lowest BCUT2D eigenvalue weighted by Gasteiger charge is -2.09. The Hall–Kier alpha value is -1.72. The van der Waals surface area contributed by atoms with Crippen molar-refractivity contribution in [2.75, 3.05) is 12.4 Å². The Morgan fingerprint density at radius 1 is 1.38 bits per heavy atom. The minimum absolute atomic E-state index is 0.611. The zero-order chi connectivity index (χ0) is 15.0. The van der Waals surface area contributed by atoms with Gasteiger partial charge < -0.3 is 10.1 Å². The second-order valence-electron chi connectivity index (χ2n) is 4.84. The molecular formula is C15H16ClN3OS. The minimum atomic E-state index is 0.611. The number of halogens is 1. The molecular weight excluding hydrogens is 306 g/mol. The molecule has 0 fully saturated rings. The Kier molecular flexibility index (Phi) is 3.78. The molecule has 0 aliphatic carbocycles. The molecule has 0 bridgehead atoms. The summed E-state index contributed by atoms with van der Waals surface area (Å²) >= 11 is 7.74.